The third kappa shape index (κ3) is 2.92. The van der Waals surface area contributed by atoms with E-state index >= 15 is 0 Å². The van der Waals surface area contributed by atoms with E-state index in [4.69, 9.17) is 0 Å². The van der Waals surface area contributed by atoms with Crippen molar-refractivity contribution in [2.75, 3.05) is 18.4 Å². The zero-order chi connectivity index (χ0) is 11.4. The second kappa shape index (κ2) is 5.25. The van der Waals surface area contributed by atoms with Crippen LogP contribution in [-0.4, -0.2) is 19.1 Å². The summed E-state index contributed by atoms with van der Waals surface area (Å²) in [6, 6.07) is 4.14. The molecule has 1 atom stereocenters. The van der Waals surface area contributed by atoms with Gasteiger partial charge in [0.15, 0.2) is 0 Å². The van der Waals surface area contributed by atoms with Crippen LogP contribution in [0.2, 0.25) is 0 Å². The Balaban J connectivity index is 1.80. The van der Waals surface area contributed by atoms with Gasteiger partial charge in [-0.2, -0.15) is 0 Å². The van der Waals surface area contributed by atoms with Crippen LogP contribution in [0.25, 0.3) is 0 Å². The number of hydrogen-bond donors (Lipinski definition) is 2. The number of hydrogen-bond acceptors (Lipinski definition) is 2. The summed E-state index contributed by atoms with van der Waals surface area (Å²) in [6.07, 6.45) is 3.37. The van der Waals surface area contributed by atoms with Gasteiger partial charge in [0, 0.05) is 18.7 Å². The van der Waals surface area contributed by atoms with E-state index in [1.807, 2.05) is 0 Å². The van der Waals surface area contributed by atoms with E-state index in [0.717, 1.165) is 19.0 Å². The minimum Gasteiger partial charge on any atom is -0.383 e. The van der Waals surface area contributed by atoms with Crippen molar-refractivity contribution in [3.63, 3.8) is 0 Å². The van der Waals surface area contributed by atoms with Crippen LogP contribution in [0.1, 0.15) is 19.3 Å². The Bertz CT molecular complexity index is 349. The van der Waals surface area contributed by atoms with Gasteiger partial charge in [0.2, 0.25) is 0 Å². The van der Waals surface area contributed by atoms with E-state index in [0.29, 0.717) is 18.3 Å². The maximum absolute atomic E-state index is 13.2. The zero-order valence-corrected chi connectivity index (χ0v) is 9.10. The fourth-order valence-corrected chi connectivity index (χ4v) is 2.02. The minimum absolute atomic E-state index is 0.374. The molecule has 2 N–H and O–H groups in total. The van der Waals surface area contributed by atoms with Gasteiger partial charge in [-0.3, -0.25) is 0 Å². The van der Waals surface area contributed by atoms with Crippen LogP contribution in [0.15, 0.2) is 18.2 Å². The third-order valence-electron chi connectivity index (χ3n) is 2.90. The van der Waals surface area contributed by atoms with Gasteiger partial charge in [-0.25, -0.2) is 8.78 Å². The van der Waals surface area contributed by atoms with Gasteiger partial charge in [-0.05, 0) is 37.9 Å². The molecular formula is C12H16F2N2. The lowest BCUT2D eigenvalue weighted by molar-refractivity contribution is 0.568. The van der Waals surface area contributed by atoms with Gasteiger partial charge in [-0.1, -0.05) is 0 Å². The van der Waals surface area contributed by atoms with Crippen molar-refractivity contribution < 1.29 is 8.78 Å². The molecule has 0 bridgehead atoms. The smallest absolute Gasteiger partial charge is 0.149 e. The van der Waals surface area contributed by atoms with Crippen LogP contribution < -0.4 is 10.6 Å². The molecule has 1 aromatic carbocycles. The average molecular weight is 226 g/mol. The van der Waals surface area contributed by atoms with E-state index in [2.05, 4.69) is 10.6 Å². The van der Waals surface area contributed by atoms with Crippen LogP contribution in [0.4, 0.5) is 14.5 Å². The Morgan fingerprint density at radius 2 is 2.25 bits per heavy atom. The molecule has 1 heterocycles. The summed E-state index contributed by atoms with van der Waals surface area (Å²) in [5.74, 6) is -1.07. The molecule has 0 aromatic heterocycles. The monoisotopic (exact) mass is 226 g/mol. The molecule has 88 valence electrons. The minimum atomic E-state index is -0.541. The lowest BCUT2D eigenvalue weighted by Gasteiger charge is -2.12. The highest BCUT2D eigenvalue weighted by Gasteiger charge is 2.13. The first kappa shape index (κ1) is 11.3. The van der Waals surface area contributed by atoms with Gasteiger partial charge in [0.25, 0.3) is 0 Å². The molecule has 0 aliphatic carbocycles. The Morgan fingerprint density at radius 1 is 1.38 bits per heavy atom. The van der Waals surface area contributed by atoms with Crippen LogP contribution in [0.5, 0.6) is 0 Å². The maximum Gasteiger partial charge on any atom is 0.149 e. The normalized spacial score (nSPS) is 20.0. The molecule has 0 radical (unpaired) electrons. The van der Waals surface area contributed by atoms with Crippen LogP contribution in [0.3, 0.4) is 0 Å². The molecule has 0 spiro atoms. The summed E-state index contributed by atoms with van der Waals surface area (Å²) in [5, 5.41) is 6.36. The third-order valence-corrected chi connectivity index (χ3v) is 2.90. The summed E-state index contributed by atoms with van der Waals surface area (Å²) in [4.78, 5) is 0. The lowest BCUT2D eigenvalue weighted by Crippen LogP contribution is -2.24. The van der Waals surface area contributed by atoms with E-state index in [1.54, 1.807) is 0 Å². The first-order chi connectivity index (χ1) is 7.75. The predicted molar refractivity (Wildman–Crippen MR) is 60.5 cm³/mol. The largest absolute Gasteiger partial charge is 0.383 e. The number of halogens is 2. The average Bonchev–Trinajstić information content (AvgIpc) is 2.74. The summed E-state index contributed by atoms with van der Waals surface area (Å²) in [5.41, 5.74) is 0.374. The van der Waals surface area contributed by atoms with Crippen molar-refractivity contribution in [2.24, 2.45) is 0 Å². The van der Waals surface area contributed by atoms with Crippen molar-refractivity contribution in [3.05, 3.63) is 29.8 Å². The van der Waals surface area contributed by atoms with Gasteiger partial charge >= 0.3 is 0 Å². The molecule has 1 unspecified atom stereocenters. The van der Waals surface area contributed by atoms with Crippen molar-refractivity contribution in [3.8, 4) is 0 Å². The molecule has 16 heavy (non-hydrogen) atoms. The van der Waals surface area contributed by atoms with Crippen LogP contribution in [-0.2, 0) is 0 Å². The summed E-state index contributed by atoms with van der Waals surface area (Å²) in [6.45, 7) is 1.79. The molecule has 1 aliphatic heterocycles. The summed E-state index contributed by atoms with van der Waals surface area (Å²) < 4.78 is 25.9. The fraction of sp³-hybridized carbons (Fsp3) is 0.500. The number of anilines is 1. The fourth-order valence-electron chi connectivity index (χ4n) is 2.02. The molecular weight excluding hydrogens is 210 g/mol. The van der Waals surface area contributed by atoms with Crippen molar-refractivity contribution in [2.45, 2.75) is 25.3 Å². The second-order valence-electron chi connectivity index (χ2n) is 4.13. The molecule has 1 aromatic rings. The molecule has 1 aliphatic rings. The molecule has 4 heteroatoms. The Kier molecular flexibility index (Phi) is 3.72. The Labute approximate surface area is 94.0 Å². The molecule has 1 saturated heterocycles. The number of rotatable bonds is 4. The summed E-state index contributed by atoms with van der Waals surface area (Å²) >= 11 is 0. The first-order valence-corrected chi connectivity index (χ1v) is 5.68. The Morgan fingerprint density at radius 3 is 2.94 bits per heavy atom. The van der Waals surface area contributed by atoms with Crippen LogP contribution >= 0.6 is 0 Å². The quantitative estimate of drug-likeness (QED) is 0.824. The molecule has 0 saturated carbocycles. The highest BCUT2D eigenvalue weighted by atomic mass is 19.1. The maximum atomic E-state index is 13.2. The molecule has 2 nitrogen and oxygen atoms in total. The van der Waals surface area contributed by atoms with Gasteiger partial charge in [-0.15, -0.1) is 0 Å². The van der Waals surface area contributed by atoms with Crippen molar-refractivity contribution >= 4 is 5.69 Å². The molecule has 1 fully saturated rings. The van der Waals surface area contributed by atoms with E-state index in [1.165, 1.54) is 25.0 Å². The van der Waals surface area contributed by atoms with E-state index in [-0.39, 0.29) is 0 Å². The lowest BCUT2D eigenvalue weighted by atomic mass is 10.1. The van der Waals surface area contributed by atoms with E-state index < -0.39 is 11.6 Å². The second-order valence-corrected chi connectivity index (χ2v) is 4.13. The summed E-state index contributed by atoms with van der Waals surface area (Å²) in [7, 11) is 0. The number of benzene rings is 1. The zero-order valence-electron chi connectivity index (χ0n) is 9.10. The van der Waals surface area contributed by atoms with Gasteiger partial charge in [0.05, 0.1) is 5.69 Å². The van der Waals surface area contributed by atoms with Crippen LogP contribution in [0, 0.1) is 11.6 Å². The van der Waals surface area contributed by atoms with Crippen molar-refractivity contribution in [1.82, 2.24) is 5.32 Å². The Hall–Kier alpha value is -1.16. The standard InChI is InChI=1S/C12H16F2N2/c13-9-3-4-12(11(14)8-9)16-7-5-10-2-1-6-15-10/h3-4,8,10,15-16H,1-2,5-7H2. The number of nitrogens with one attached hydrogen (secondary N) is 2. The SMILES string of the molecule is Fc1ccc(NCCC2CCCN2)c(F)c1. The molecule has 0 amide bonds. The first-order valence-electron chi connectivity index (χ1n) is 5.68. The molecule has 2 rings (SSSR count). The van der Waals surface area contributed by atoms with E-state index in [9.17, 15) is 8.78 Å². The van der Waals surface area contributed by atoms with Gasteiger partial charge in [0.1, 0.15) is 11.6 Å². The highest BCUT2D eigenvalue weighted by Crippen LogP contribution is 2.15. The predicted octanol–water partition coefficient (Wildman–Crippen LogP) is 2.52. The van der Waals surface area contributed by atoms with Gasteiger partial charge < -0.3 is 10.6 Å². The van der Waals surface area contributed by atoms with Crippen molar-refractivity contribution in [1.29, 1.82) is 0 Å². The topological polar surface area (TPSA) is 24.1 Å². The highest BCUT2D eigenvalue weighted by molar-refractivity contribution is 5.44.